The highest BCUT2D eigenvalue weighted by Gasteiger charge is 2.14. The molecule has 3 N–H and O–H groups in total. The molecule has 1 aromatic carbocycles. The molecule has 0 fully saturated rings. The van der Waals surface area contributed by atoms with E-state index in [4.69, 9.17) is 0 Å². The number of fused-ring (bicyclic) bond motifs is 1. The molecule has 0 bridgehead atoms. The summed E-state index contributed by atoms with van der Waals surface area (Å²) in [4.78, 5) is 13.4. The summed E-state index contributed by atoms with van der Waals surface area (Å²) < 4.78 is 1.04. The fourth-order valence-corrected chi connectivity index (χ4v) is 3.88. The van der Waals surface area contributed by atoms with E-state index < -0.39 is 6.35 Å². The third kappa shape index (κ3) is 3.80. The number of aliphatic hydroxyl groups is 1. The number of aliphatic hydroxyl groups excluding tert-OH is 1. The summed E-state index contributed by atoms with van der Waals surface area (Å²) in [5.74, 6) is 0. The normalized spacial score (nSPS) is 12.2. The zero-order valence-electron chi connectivity index (χ0n) is 14.8. The van der Waals surface area contributed by atoms with Crippen molar-refractivity contribution in [1.82, 2.24) is 20.3 Å². The van der Waals surface area contributed by atoms with Crippen molar-refractivity contribution in [2.75, 3.05) is 11.9 Å². The molecule has 7 heteroatoms. The van der Waals surface area contributed by atoms with Crippen molar-refractivity contribution in [3.63, 3.8) is 0 Å². The fraction of sp³-hybridized carbons (Fsp3) is 0.150. The molecule has 0 aliphatic heterocycles. The van der Waals surface area contributed by atoms with Gasteiger partial charge >= 0.3 is 0 Å². The quantitative estimate of drug-likeness (QED) is 0.444. The molecule has 4 aromatic rings. The molecular weight excluding hydrogens is 358 g/mol. The van der Waals surface area contributed by atoms with Gasteiger partial charge in [-0.1, -0.05) is 30.4 Å². The van der Waals surface area contributed by atoms with Crippen LogP contribution in [0.15, 0.2) is 61.1 Å². The number of aromatic nitrogens is 3. The first-order chi connectivity index (χ1) is 13.2. The van der Waals surface area contributed by atoms with Crippen molar-refractivity contribution in [1.29, 1.82) is 0 Å². The van der Waals surface area contributed by atoms with E-state index >= 15 is 0 Å². The third-order valence-corrected chi connectivity index (χ3v) is 5.12. The van der Waals surface area contributed by atoms with Crippen LogP contribution < -0.4 is 10.6 Å². The molecule has 0 aliphatic carbocycles. The SMILES string of the molecule is CCNC(O)Nc1nc2cc(-c3ccccn3)cc(-c3cccnc3)c2s1. The number of hydrogen-bond acceptors (Lipinski definition) is 7. The Morgan fingerprint density at radius 3 is 2.78 bits per heavy atom. The van der Waals surface area contributed by atoms with Crippen molar-refractivity contribution in [2.45, 2.75) is 13.3 Å². The molecule has 3 heterocycles. The molecule has 0 amide bonds. The number of nitrogens with one attached hydrogen (secondary N) is 2. The Morgan fingerprint density at radius 1 is 1.11 bits per heavy atom. The standard InChI is InChI=1S/C20H19N5OS/c1-2-22-19(26)25-20-24-17-11-14(16-7-3-4-9-23-16)10-15(18(17)27-20)13-6-5-8-21-12-13/h3-12,19,22,26H,2H2,1H3,(H,24,25). The van der Waals surface area contributed by atoms with Crippen LogP contribution in [-0.4, -0.2) is 33.0 Å². The van der Waals surface area contributed by atoms with Crippen LogP contribution in [0.2, 0.25) is 0 Å². The minimum Gasteiger partial charge on any atom is -0.361 e. The first-order valence-electron chi connectivity index (χ1n) is 8.69. The highest BCUT2D eigenvalue weighted by molar-refractivity contribution is 7.22. The topological polar surface area (TPSA) is 83.0 Å². The molecule has 136 valence electrons. The summed E-state index contributed by atoms with van der Waals surface area (Å²) in [6.07, 6.45) is 4.55. The zero-order valence-corrected chi connectivity index (χ0v) is 15.6. The maximum absolute atomic E-state index is 9.97. The molecule has 4 rings (SSSR count). The maximum Gasteiger partial charge on any atom is 0.186 e. The number of nitrogens with zero attached hydrogens (tertiary/aromatic N) is 3. The Bertz CT molecular complexity index is 1040. The Labute approximate surface area is 161 Å². The Kier molecular flexibility index (Phi) is 5.06. The molecular formula is C20H19N5OS. The minimum absolute atomic E-state index is 0.654. The lowest BCUT2D eigenvalue weighted by Gasteiger charge is -2.11. The second kappa shape index (κ2) is 7.79. The molecule has 1 atom stereocenters. The average Bonchev–Trinajstić information content (AvgIpc) is 3.11. The van der Waals surface area contributed by atoms with Crippen LogP contribution >= 0.6 is 11.3 Å². The lowest BCUT2D eigenvalue weighted by atomic mass is 10.0. The van der Waals surface area contributed by atoms with Crippen LogP contribution in [0.5, 0.6) is 0 Å². The second-order valence-electron chi connectivity index (χ2n) is 5.95. The molecule has 0 aliphatic rings. The van der Waals surface area contributed by atoms with Crippen molar-refractivity contribution >= 4 is 26.7 Å². The van der Waals surface area contributed by atoms with Crippen LogP contribution in [0, 0.1) is 0 Å². The fourth-order valence-electron chi connectivity index (χ4n) is 2.87. The monoisotopic (exact) mass is 377 g/mol. The number of pyridine rings is 2. The molecule has 27 heavy (non-hydrogen) atoms. The average molecular weight is 377 g/mol. The van der Waals surface area contributed by atoms with Gasteiger partial charge < -0.3 is 10.4 Å². The lowest BCUT2D eigenvalue weighted by Crippen LogP contribution is -2.35. The smallest absolute Gasteiger partial charge is 0.186 e. The van der Waals surface area contributed by atoms with Gasteiger partial charge in [-0.05, 0) is 36.9 Å². The molecule has 3 aromatic heterocycles. The van der Waals surface area contributed by atoms with Gasteiger partial charge in [0.2, 0.25) is 0 Å². The third-order valence-electron chi connectivity index (χ3n) is 4.08. The van der Waals surface area contributed by atoms with Crippen LogP contribution in [0.1, 0.15) is 6.92 Å². The van der Waals surface area contributed by atoms with Crippen molar-refractivity contribution in [3.05, 3.63) is 61.1 Å². The van der Waals surface area contributed by atoms with Gasteiger partial charge in [-0.2, -0.15) is 0 Å². The van der Waals surface area contributed by atoms with Crippen molar-refractivity contribution in [2.24, 2.45) is 0 Å². The molecule has 0 spiro atoms. The largest absolute Gasteiger partial charge is 0.361 e. The van der Waals surface area contributed by atoms with E-state index in [1.54, 1.807) is 12.4 Å². The molecule has 6 nitrogen and oxygen atoms in total. The number of hydrogen-bond donors (Lipinski definition) is 3. The highest BCUT2D eigenvalue weighted by Crippen LogP contribution is 2.38. The molecule has 0 radical (unpaired) electrons. The molecule has 1 unspecified atom stereocenters. The van der Waals surface area contributed by atoms with E-state index in [1.807, 2.05) is 49.5 Å². The Balaban J connectivity index is 1.85. The molecule has 0 saturated carbocycles. The van der Waals surface area contributed by atoms with Gasteiger partial charge in [-0.3, -0.25) is 15.3 Å². The summed E-state index contributed by atoms with van der Waals surface area (Å²) in [6, 6.07) is 13.9. The van der Waals surface area contributed by atoms with Gasteiger partial charge in [0.15, 0.2) is 11.5 Å². The number of benzene rings is 1. The number of anilines is 1. The second-order valence-corrected chi connectivity index (χ2v) is 6.95. The number of thiazole rings is 1. The highest BCUT2D eigenvalue weighted by atomic mass is 32.1. The van der Waals surface area contributed by atoms with E-state index in [-0.39, 0.29) is 0 Å². The van der Waals surface area contributed by atoms with E-state index in [0.717, 1.165) is 32.6 Å². The van der Waals surface area contributed by atoms with E-state index in [0.29, 0.717) is 11.7 Å². The molecule has 0 saturated heterocycles. The van der Waals surface area contributed by atoms with Crippen molar-refractivity contribution in [3.8, 4) is 22.4 Å². The summed E-state index contributed by atoms with van der Waals surface area (Å²) in [5, 5.41) is 16.5. The van der Waals surface area contributed by atoms with Crippen LogP contribution in [0.3, 0.4) is 0 Å². The minimum atomic E-state index is -0.840. The van der Waals surface area contributed by atoms with E-state index in [1.165, 1.54) is 11.3 Å². The first kappa shape index (κ1) is 17.5. The summed E-state index contributed by atoms with van der Waals surface area (Å²) in [6.45, 7) is 2.59. The van der Waals surface area contributed by atoms with Crippen LogP contribution in [-0.2, 0) is 0 Å². The van der Waals surface area contributed by atoms with E-state index in [2.05, 4.69) is 31.7 Å². The summed E-state index contributed by atoms with van der Waals surface area (Å²) >= 11 is 1.51. The lowest BCUT2D eigenvalue weighted by molar-refractivity contribution is 0.168. The van der Waals surface area contributed by atoms with E-state index in [9.17, 15) is 5.11 Å². The van der Waals surface area contributed by atoms with Gasteiger partial charge in [-0.25, -0.2) is 4.98 Å². The van der Waals surface area contributed by atoms with Gasteiger partial charge in [-0.15, -0.1) is 0 Å². The zero-order chi connectivity index (χ0) is 18.6. The summed E-state index contributed by atoms with van der Waals surface area (Å²) in [5.41, 5.74) is 4.80. The van der Waals surface area contributed by atoms with Gasteiger partial charge in [0.25, 0.3) is 0 Å². The Hall–Kier alpha value is -2.87. The van der Waals surface area contributed by atoms with Gasteiger partial charge in [0.05, 0.1) is 15.9 Å². The Morgan fingerprint density at radius 2 is 2.04 bits per heavy atom. The predicted molar refractivity (Wildman–Crippen MR) is 109 cm³/mol. The maximum atomic E-state index is 9.97. The van der Waals surface area contributed by atoms with Crippen LogP contribution in [0.25, 0.3) is 32.6 Å². The summed E-state index contributed by atoms with van der Waals surface area (Å²) in [7, 11) is 0. The first-order valence-corrected chi connectivity index (χ1v) is 9.50. The van der Waals surface area contributed by atoms with Gasteiger partial charge in [0.1, 0.15) is 0 Å². The predicted octanol–water partition coefficient (Wildman–Crippen LogP) is 3.72. The van der Waals surface area contributed by atoms with Crippen LogP contribution in [0.4, 0.5) is 5.13 Å². The van der Waals surface area contributed by atoms with Crippen molar-refractivity contribution < 1.29 is 5.11 Å². The van der Waals surface area contributed by atoms with Gasteiger partial charge in [0, 0.05) is 35.3 Å². The number of rotatable bonds is 6.